The van der Waals surface area contributed by atoms with E-state index in [2.05, 4.69) is 10.5 Å². The molecule has 5 nitrogen and oxygen atoms in total. The van der Waals surface area contributed by atoms with Crippen LogP contribution in [0, 0.1) is 0 Å². The smallest absolute Gasteiger partial charge is 0.409 e. The molecular weight excluding hydrogens is 275 g/mol. The topological polar surface area (TPSA) is 87.7 Å². The molecule has 1 atom stereocenters. The predicted octanol–water partition coefficient (Wildman–Crippen LogP) is 1.96. The summed E-state index contributed by atoms with van der Waals surface area (Å²) in [5.41, 5.74) is 4.27. The molecule has 20 heavy (non-hydrogen) atoms. The van der Waals surface area contributed by atoms with Crippen molar-refractivity contribution >= 4 is 11.7 Å². The van der Waals surface area contributed by atoms with Crippen LogP contribution in [-0.2, 0) is 6.18 Å². The van der Waals surface area contributed by atoms with E-state index in [-0.39, 0.29) is 17.8 Å². The van der Waals surface area contributed by atoms with E-state index in [4.69, 9.17) is 10.9 Å². The Kier molecular flexibility index (Phi) is 4.95. The molecule has 110 valence electrons. The van der Waals surface area contributed by atoms with Gasteiger partial charge in [-0.1, -0.05) is 11.2 Å². The zero-order valence-corrected chi connectivity index (χ0v) is 10.6. The number of amides is 1. The molecular formula is C12H14F3N3O2. The van der Waals surface area contributed by atoms with Crippen LogP contribution in [0.2, 0.25) is 0 Å². The fourth-order valence-electron chi connectivity index (χ4n) is 1.55. The molecule has 0 bridgehead atoms. The van der Waals surface area contributed by atoms with Gasteiger partial charge < -0.3 is 16.3 Å². The highest BCUT2D eigenvalue weighted by molar-refractivity contribution is 5.95. The maximum absolute atomic E-state index is 12.5. The standard InChI is InChI=1S/C12H14F3N3O2/c1-7(5-10(16)18-20)17-11(19)8-3-2-4-9(6-8)12(13,14)15/h2-4,6-7,20H,5H2,1H3,(H2,16,18)(H,17,19). The molecule has 0 aromatic heterocycles. The van der Waals surface area contributed by atoms with E-state index in [0.717, 1.165) is 18.2 Å². The summed E-state index contributed by atoms with van der Waals surface area (Å²) in [6.07, 6.45) is -4.42. The van der Waals surface area contributed by atoms with Crippen LogP contribution in [-0.4, -0.2) is 23.0 Å². The second-order valence-electron chi connectivity index (χ2n) is 4.25. The summed E-state index contributed by atoms with van der Waals surface area (Å²) in [6.45, 7) is 1.59. The van der Waals surface area contributed by atoms with Gasteiger partial charge >= 0.3 is 6.18 Å². The van der Waals surface area contributed by atoms with E-state index in [0.29, 0.717) is 0 Å². The maximum Gasteiger partial charge on any atom is 0.416 e. The van der Waals surface area contributed by atoms with Crippen molar-refractivity contribution in [3.05, 3.63) is 35.4 Å². The normalized spacial score (nSPS) is 13.9. The van der Waals surface area contributed by atoms with Crippen LogP contribution in [0.15, 0.2) is 29.4 Å². The second-order valence-corrected chi connectivity index (χ2v) is 4.25. The first kappa shape index (κ1) is 15.8. The summed E-state index contributed by atoms with van der Waals surface area (Å²) in [7, 11) is 0. The molecule has 1 aromatic carbocycles. The molecule has 0 fully saturated rings. The number of carbonyl (C=O) groups is 1. The molecule has 1 rings (SSSR count). The lowest BCUT2D eigenvalue weighted by Gasteiger charge is -2.14. The highest BCUT2D eigenvalue weighted by atomic mass is 19.4. The van der Waals surface area contributed by atoms with E-state index in [1.54, 1.807) is 6.92 Å². The number of nitrogens with one attached hydrogen (secondary N) is 1. The highest BCUT2D eigenvalue weighted by Gasteiger charge is 2.30. The van der Waals surface area contributed by atoms with Crippen molar-refractivity contribution in [1.82, 2.24) is 5.32 Å². The van der Waals surface area contributed by atoms with Gasteiger partial charge in [-0.3, -0.25) is 4.79 Å². The number of carbonyl (C=O) groups excluding carboxylic acids is 1. The van der Waals surface area contributed by atoms with Crippen molar-refractivity contribution in [3.63, 3.8) is 0 Å². The molecule has 0 saturated carbocycles. The van der Waals surface area contributed by atoms with Gasteiger partial charge in [0, 0.05) is 18.0 Å². The third-order valence-electron chi connectivity index (χ3n) is 2.47. The minimum atomic E-state index is -4.50. The van der Waals surface area contributed by atoms with Crippen LogP contribution >= 0.6 is 0 Å². The van der Waals surface area contributed by atoms with E-state index < -0.39 is 23.7 Å². The zero-order chi connectivity index (χ0) is 15.3. The lowest BCUT2D eigenvalue weighted by atomic mass is 10.1. The molecule has 0 heterocycles. The van der Waals surface area contributed by atoms with E-state index in [1.807, 2.05) is 0 Å². The minimum absolute atomic E-state index is 0.0816. The summed E-state index contributed by atoms with van der Waals surface area (Å²) in [5, 5.41) is 13.6. The van der Waals surface area contributed by atoms with Gasteiger partial charge in [0.2, 0.25) is 0 Å². The van der Waals surface area contributed by atoms with Crippen molar-refractivity contribution in [2.45, 2.75) is 25.6 Å². The first-order chi connectivity index (χ1) is 9.24. The zero-order valence-electron chi connectivity index (χ0n) is 10.6. The highest BCUT2D eigenvalue weighted by Crippen LogP contribution is 2.29. The van der Waals surface area contributed by atoms with E-state index in [9.17, 15) is 18.0 Å². The van der Waals surface area contributed by atoms with Gasteiger partial charge in [0.05, 0.1) is 5.56 Å². The number of rotatable bonds is 4. The lowest BCUT2D eigenvalue weighted by Crippen LogP contribution is -2.35. The number of nitrogens with two attached hydrogens (primary N) is 1. The van der Waals surface area contributed by atoms with Crippen LogP contribution in [0.25, 0.3) is 0 Å². The Morgan fingerprint density at radius 2 is 2.15 bits per heavy atom. The maximum atomic E-state index is 12.5. The summed E-state index contributed by atoms with van der Waals surface area (Å²) in [4.78, 5) is 11.8. The van der Waals surface area contributed by atoms with E-state index >= 15 is 0 Å². The largest absolute Gasteiger partial charge is 0.416 e. The van der Waals surface area contributed by atoms with Gasteiger partial charge in [-0.2, -0.15) is 13.2 Å². The van der Waals surface area contributed by atoms with Gasteiger partial charge in [-0.25, -0.2) is 0 Å². The number of benzene rings is 1. The van der Waals surface area contributed by atoms with Crippen LogP contribution in [0.5, 0.6) is 0 Å². The Bertz CT molecular complexity index is 515. The second kappa shape index (κ2) is 6.27. The van der Waals surface area contributed by atoms with Crippen molar-refractivity contribution in [2.24, 2.45) is 10.9 Å². The Labute approximate surface area is 113 Å². The Balaban J connectivity index is 2.78. The average molecular weight is 289 g/mol. The number of amidine groups is 1. The van der Waals surface area contributed by atoms with Crippen molar-refractivity contribution < 1.29 is 23.2 Å². The molecule has 4 N–H and O–H groups in total. The van der Waals surface area contributed by atoms with Crippen molar-refractivity contribution in [1.29, 1.82) is 0 Å². The quantitative estimate of drug-likeness (QED) is 0.343. The van der Waals surface area contributed by atoms with Crippen molar-refractivity contribution in [2.75, 3.05) is 0 Å². The number of oxime groups is 1. The lowest BCUT2D eigenvalue weighted by molar-refractivity contribution is -0.137. The van der Waals surface area contributed by atoms with Crippen LogP contribution in [0.3, 0.4) is 0 Å². The third-order valence-corrected chi connectivity index (χ3v) is 2.47. The predicted molar refractivity (Wildman–Crippen MR) is 66.4 cm³/mol. The number of nitrogens with zero attached hydrogens (tertiary/aromatic N) is 1. The molecule has 1 amide bonds. The average Bonchev–Trinajstić information content (AvgIpc) is 2.37. The molecule has 1 unspecified atom stereocenters. The van der Waals surface area contributed by atoms with Gasteiger partial charge in [0.15, 0.2) is 0 Å². The molecule has 0 aliphatic carbocycles. The first-order valence-electron chi connectivity index (χ1n) is 5.68. The number of hydrogen-bond donors (Lipinski definition) is 3. The van der Waals surface area contributed by atoms with Gasteiger partial charge in [0.1, 0.15) is 5.84 Å². The Morgan fingerprint density at radius 3 is 2.70 bits per heavy atom. The number of halogens is 3. The summed E-state index contributed by atoms with van der Waals surface area (Å²) in [6, 6.07) is 3.61. The molecule has 0 radical (unpaired) electrons. The van der Waals surface area contributed by atoms with Crippen LogP contribution in [0.4, 0.5) is 13.2 Å². The number of hydrogen-bond acceptors (Lipinski definition) is 3. The Hall–Kier alpha value is -2.25. The molecule has 0 spiro atoms. The molecule has 8 heteroatoms. The first-order valence-corrected chi connectivity index (χ1v) is 5.68. The van der Waals surface area contributed by atoms with Crippen molar-refractivity contribution in [3.8, 4) is 0 Å². The van der Waals surface area contributed by atoms with E-state index in [1.165, 1.54) is 6.07 Å². The molecule has 0 aliphatic rings. The molecule has 0 aliphatic heterocycles. The number of alkyl halides is 3. The fraction of sp³-hybridized carbons (Fsp3) is 0.333. The van der Waals surface area contributed by atoms with Gasteiger partial charge in [-0.15, -0.1) is 0 Å². The van der Waals surface area contributed by atoms with Gasteiger partial charge in [-0.05, 0) is 25.1 Å². The fourth-order valence-corrected chi connectivity index (χ4v) is 1.55. The minimum Gasteiger partial charge on any atom is -0.409 e. The van der Waals surface area contributed by atoms with Gasteiger partial charge in [0.25, 0.3) is 5.91 Å². The SMILES string of the molecule is CC(CC(N)=NO)NC(=O)c1cccc(C(F)(F)F)c1. The monoisotopic (exact) mass is 289 g/mol. The molecule has 1 aromatic rings. The summed E-state index contributed by atoms with van der Waals surface area (Å²) in [5.74, 6) is -0.740. The molecule has 0 saturated heterocycles. The summed E-state index contributed by atoms with van der Waals surface area (Å²) < 4.78 is 37.6. The van der Waals surface area contributed by atoms with Crippen LogP contribution < -0.4 is 11.1 Å². The van der Waals surface area contributed by atoms with Crippen LogP contribution in [0.1, 0.15) is 29.3 Å². The Morgan fingerprint density at radius 1 is 1.50 bits per heavy atom. The summed E-state index contributed by atoms with van der Waals surface area (Å²) >= 11 is 0. The third kappa shape index (κ3) is 4.45.